The summed E-state index contributed by atoms with van der Waals surface area (Å²) in [6, 6.07) is 0. The van der Waals surface area contributed by atoms with Crippen molar-refractivity contribution in [3.05, 3.63) is 11.8 Å². The van der Waals surface area contributed by atoms with Crippen LogP contribution in [-0.4, -0.2) is 10.9 Å². The molecule has 0 radical (unpaired) electrons. The van der Waals surface area contributed by atoms with Crippen LogP contribution < -0.4 is 0 Å². The van der Waals surface area contributed by atoms with E-state index in [1.807, 2.05) is 0 Å². The van der Waals surface area contributed by atoms with E-state index >= 15 is 0 Å². The number of hydrogen-bond donors (Lipinski definition) is 1. The second kappa shape index (κ2) is 5.72. The fourth-order valence-electron chi connectivity index (χ4n) is 0.294. The zero-order valence-corrected chi connectivity index (χ0v) is 8.07. The SMILES string of the molecule is CC(=O)/C=C(/C)O.[Ce+4]. The maximum absolute atomic E-state index is 10.0. The van der Waals surface area contributed by atoms with Gasteiger partial charge < -0.3 is 5.11 Å². The Labute approximate surface area is 82.3 Å². The van der Waals surface area contributed by atoms with Crippen LogP contribution in [0.2, 0.25) is 0 Å². The second-order valence-corrected chi connectivity index (χ2v) is 1.40. The Hall–Kier alpha value is 0.587. The molecule has 0 aromatic rings. The number of ketones is 1. The number of rotatable bonds is 1. The van der Waals surface area contributed by atoms with Crippen LogP contribution in [0.3, 0.4) is 0 Å². The van der Waals surface area contributed by atoms with E-state index in [1.54, 1.807) is 0 Å². The Bertz CT molecular complexity index is 103. The summed E-state index contributed by atoms with van der Waals surface area (Å²) in [5, 5.41) is 8.36. The number of carbonyl (C=O) groups excluding carboxylic acids is 1. The Morgan fingerprint density at radius 1 is 1.50 bits per heavy atom. The van der Waals surface area contributed by atoms with Gasteiger partial charge in [-0.1, -0.05) is 0 Å². The summed E-state index contributed by atoms with van der Waals surface area (Å²) in [5.74, 6) is -0.0625. The normalized spacial score (nSPS) is 10.0. The van der Waals surface area contributed by atoms with Crippen molar-refractivity contribution in [2.45, 2.75) is 13.8 Å². The Balaban J connectivity index is 0. The van der Waals surface area contributed by atoms with Crippen LogP contribution in [-0.2, 0) is 4.79 Å². The third-order valence-electron chi connectivity index (χ3n) is 0.412. The average molecular weight is 240 g/mol. The van der Waals surface area contributed by atoms with Gasteiger partial charge in [-0.25, -0.2) is 0 Å². The van der Waals surface area contributed by atoms with Crippen LogP contribution in [0.1, 0.15) is 13.8 Å². The summed E-state index contributed by atoms with van der Waals surface area (Å²) in [6.45, 7) is 2.85. The first-order valence-corrected chi connectivity index (χ1v) is 2.01. The quantitative estimate of drug-likeness (QED) is 0.549. The molecule has 8 heavy (non-hydrogen) atoms. The van der Waals surface area contributed by atoms with Crippen molar-refractivity contribution in [3.8, 4) is 0 Å². The maximum Gasteiger partial charge on any atom is 4.00 e. The molecule has 0 atom stereocenters. The summed E-state index contributed by atoms with van der Waals surface area (Å²) in [7, 11) is 0. The molecule has 0 aromatic carbocycles. The molecule has 0 spiro atoms. The molecule has 0 bridgehead atoms. The van der Waals surface area contributed by atoms with Crippen LogP contribution in [0.5, 0.6) is 0 Å². The van der Waals surface area contributed by atoms with Crippen LogP contribution in [0, 0.1) is 41.7 Å². The molecule has 0 aliphatic carbocycles. The predicted octanol–water partition coefficient (Wildman–Crippen LogP) is 1.04. The zero-order chi connectivity index (χ0) is 5.86. The van der Waals surface area contributed by atoms with Gasteiger partial charge in [-0.05, 0) is 13.8 Å². The van der Waals surface area contributed by atoms with E-state index in [0.29, 0.717) is 0 Å². The first kappa shape index (κ1) is 11.4. The minimum Gasteiger partial charge on any atom is -0.512 e. The van der Waals surface area contributed by atoms with Crippen molar-refractivity contribution in [3.63, 3.8) is 0 Å². The molecular formula is C5H8CeO2+4. The summed E-state index contributed by atoms with van der Waals surface area (Å²) >= 11 is 0. The fraction of sp³-hybridized carbons (Fsp3) is 0.400. The smallest absolute Gasteiger partial charge is 0.512 e. The van der Waals surface area contributed by atoms with E-state index in [-0.39, 0.29) is 53.3 Å². The number of hydrogen-bond acceptors (Lipinski definition) is 2. The largest absolute Gasteiger partial charge is 4.00 e. The number of aliphatic hydroxyl groups excluding tert-OH is 1. The Kier molecular flexibility index (Phi) is 8.14. The molecule has 0 rings (SSSR count). The topological polar surface area (TPSA) is 37.3 Å². The van der Waals surface area contributed by atoms with Crippen LogP contribution >= 0.6 is 0 Å². The van der Waals surface area contributed by atoms with E-state index in [9.17, 15) is 4.79 Å². The minimum absolute atomic E-state index is 0. The molecule has 40 valence electrons. The fourth-order valence-corrected chi connectivity index (χ4v) is 0.294. The van der Waals surface area contributed by atoms with E-state index in [0.717, 1.165) is 0 Å². The zero-order valence-electron chi connectivity index (χ0n) is 4.93. The van der Waals surface area contributed by atoms with Gasteiger partial charge in [-0.15, -0.1) is 0 Å². The van der Waals surface area contributed by atoms with Crippen molar-refractivity contribution in [2.24, 2.45) is 0 Å². The molecule has 2 nitrogen and oxygen atoms in total. The van der Waals surface area contributed by atoms with Gasteiger partial charge in [0.25, 0.3) is 0 Å². The van der Waals surface area contributed by atoms with Crippen molar-refractivity contribution in [1.29, 1.82) is 0 Å². The summed E-state index contributed by atoms with van der Waals surface area (Å²) in [5.41, 5.74) is 0. The molecule has 0 unspecified atom stereocenters. The minimum atomic E-state index is -0.125. The Morgan fingerprint density at radius 3 is 1.88 bits per heavy atom. The number of allylic oxidation sites excluding steroid dienone is 2. The average Bonchev–Trinajstić information content (AvgIpc) is 1.27. The first-order chi connectivity index (χ1) is 3.13. The van der Waals surface area contributed by atoms with Crippen LogP contribution in [0.4, 0.5) is 0 Å². The standard InChI is InChI=1S/C5H8O2.Ce/c1-4(6)3-5(2)7;/h3,6H,1-2H3;/q;+4/b4-3-;. The van der Waals surface area contributed by atoms with Gasteiger partial charge in [0.2, 0.25) is 0 Å². The van der Waals surface area contributed by atoms with Crippen LogP contribution in [0.15, 0.2) is 11.8 Å². The molecule has 0 saturated carbocycles. The van der Waals surface area contributed by atoms with Crippen molar-refractivity contribution in [1.82, 2.24) is 0 Å². The number of aliphatic hydroxyl groups is 1. The van der Waals surface area contributed by atoms with Crippen molar-refractivity contribution >= 4 is 5.78 Å². The van der Waals surface area contributed by atoms with Gasteiger partial charge in [0.05, 0.1) is 5.76 Å². The van der Waals surface area contributed by atoms with Gasteiger partial charge >= 0.3 is 41.7 Å². The van der Waals surface area contributed by atoms with Gasteiger partial charge in [0.1, 0.15) is 0 Å². The van der Waals surface area contributed by atoms with Gasteiger partial charge in [-0.2, -0.15) is 0 Å². The third-order valence-corrected chi connectivity index (χ3v) is 0.412. The molecule has 3 heteroatoms. The summed E-state index contributed by atoms with van der Waals surface area (Å²) in [4.78, 5) is 10.0. The second-order valence-electron chi connectivity index (χ2n) is 1.40. The molecule has 0 aromatic heterocycles. The third kappa shape index (κ3) is 9.77. The van der Waals surface area contributed by atoms with E-state index in [2.05, 4.69) is 0 Å². The molecule has 0 saturated heterocycles. The Morgan fingerprint density at radius 2 is 1.88 bits per heavy atom. The van der Waals surface area contributed by atoms with Gasteiger partial charge in [-0.3, -0.25) is 4.79 Å². The monoisotopic (exact) mass is 240 g/mol. The molecule has 0 amide bonds. The van der Waals surface area contributed by atoms with Crippen molar-refractivity contribution in [2.75, 3.05) is 0 Å². The van der Waals surface area contributed by atoms with Crippen LogP contribution in [0.25, 0.3) is 0 Å². The predicted molar refractivity (Wildman–Crippen MR) is 27.1 cm³/mol. The summed E-state index contributed by atoms with van der Waals surface area (Å²) < 4.78 is 0. The van der Waals surface area contributed by atoms with E-state index in [1.165, 1.54) is 19.9 Å². The molecule has 0 aliphatic rings. The van der Waals surface area contributed by atoms with E-state index < -0.39 is 0 Å². The van der Waals surface area contributed by atoms with Crippen molar-refractivity contribution < 1.29 is 51.6 Å². The molecule has 0 aliphatic heterocycles. The molecule has 0 fully saturated rings. The van der Waals surface area contributed by atoms with Gasteiger partial charge in [0, 0.05) is 6.08 Å². The summed E-state index contributed by atoms with van der Waals surface area (Å²) in [6.07, 6.45) is 1.17. The molecular weight excluding hydrogens is 232 g/mol. The molecule has 1 N–H and O–H groups in total. The maximum atomic E-state index is 10.0. The molecule has 0 heterocycles. The van der Waals surface area contributed by atoms with E-state index in [4.69, 9.17) is 5.11 Å². The first-order valence-electron chi connectivity index (χ1n) is 2.01. The van der Waals surface area contributed by atoms with Gasteiger partial charge in [0.15, 0.2) is 5.78 Å². The number of carbonyl (C=O) groups is 1.